The van der Waals surface area contributed by atoms with Crippen LogP contribution < -0.4 is 10.2 Å². The second-order valence-corrected chi connectivity index (χ2v) is 6.71. The Morgan fingerprint density at radius 2 is 1.89 bits per heavy atom. The Morgan fingerprint density at radius 3 is 2.64 bits per heavy atom. The summed E-state index contributed by atoms with van der Waals surface area (Å²) in [6.07, 6.45) is 5.28. The Bertz CT molecular complexity index is 978. The monoisotopic (exact) mass is 377 g/mol. The first-order valence-electron chi connectivity index (χ1n) is 9.22. The number of nitrogens with zero attached hydrogens (tertiary/aromatic N) is 4. The summed E-state index contributed by atoms with van der Waals surface area (Å²) >= 11 is 0. The number of nitrogens with one attached hydrogen (secondary N) is 1. The van der Waals surface area contributed by atoms with Gasteiger partial charge in [-0.3, -0.25) is 9.78 Å². The van der Waals surface area contributed by atoms with Crippen LogP contribution in [0.15, 0.2) is 54.9 Å². The van der Waals surface area contributed by atoms with Crippen molar-refractivity contribution < 1.29 is 9.18 Å². The average Bonchev–Trinajstić information content (AvgIpc) is 2.74. The molecule has 0 aliphatic carbocycles. The molecular formula is C21H20FN5O. The van der Waals surface area contributed by atoms with Gasteiger partial charge in [-0.05, 0) is 62.2 Å². The zero-order valence-corrected chi connectivity index (χ0v) is 15.5. The molecule has 28 heavy (non-hydrogen) atoms. The number of fused-ring (bicyclic) bond motifs is 1. The van der Waals surface area contributed by atoms with Gasteiger partial charge in [0.05, 0.1) is 23.1 Å². The first-order valence-corrected chi connectivity index (χ1v) is 9.22. The number of aryl methyl sites for hydroxylation is 1. The number of halogens is 1. The van der Waals surface area contributed by atoms with E-state index in [0.29, 0.717) is 11.5 Å². The maximum absolute atomic E-state index is 13.0. The minimum atomic E-state index is -0.368. The molecule has 4 rings (SSSR count). The van der Waals surface area contributed by atoms with E-state index in [-0.39, 0.29) is 17.8 Å². The van der Waals surface area contributed by atoms with Crippen LogP contribution in [0.25, 0.3) is 0 Å². The van der Waals surface area contributed by atoms with Crippen molar-refractivity contribution in [3.05, 3.63) is 77.6 Å². The molecule has 1 aliphatic rings. The number of carbonyl (C=O) groups is 1. The van der Waals surface area contributed by atoms with Crippen LogP contribution >= 0.6 is 0 Å². The highest BCUT2D eigenvalue weighted by Gasteiger charge is 2.22. The molecule has 3 heterocycles. The smallest absolute Gasteiger partial charge is 0.251 e. The van der Waals surface area contributed by atoms with E-state index >= 15 is 0 Å². The third kappa shape index (κ3) is 3.69. The van der Waals surface area contributed by atoms with Gasteiger partial charge in [0.15, 0.2) is 0 Å². The number of amides is 1. The summed E-state index contributed by atoms with van der Waals surface area (Å²) < 4.78 is 13.0. The Labute approximate surface area is 162 Å². The van der Waals surface area contributed by atoms with Gasteiger partial charge in [0, 0.05) is 24.5 Å². The van der Waals surface area contributed by atoms with Gasteiger partial charge in [0.2, 0.25) is 5.95 Å². The molecule has 1 aliphatic heterocycles. The molecule has 0 bridgehead atoms. The lowest BCUT2D eigenvalue weighted by Gasteiger charge is -2.29. The fraction of sp³-hybridized carbons (Fsp3) is 0.238. The number of benzene rings is 1. The predicted molar refractivity (Wildman–Crippen MR) is 104 cm³/mol. The van der Waals surface area contributed by atoms with Crippen LogP contribution in [0.3, 0.4) is 0 Å². The Balaban J connectivity index is 1.53. The molecule has 1 unspecified atom stereocenters. The van der Waals surface area contributed by atoms with Crippen molar-refractivity contribution in [3.8, 4) is 0 Å². The molecule has 6 nitrogen and oxygen atoms in total. The summed E-state index contributed by atoms with van der Waals surface area (Å²) in [7, 11) is 0. The third-order valence-corrected chi connectivity index (χ3v) is 4.75. The van der Waals surface area contributed by atoms with E-state index in [0.717, 1.165) is 36.5 Å². The molecule has 1 N–H and O–H groups in total. The van der Waals surface area contributed by atoms with Gasteiger partial charge in [-0.15, -0.1) is 0 Å². The first kappa shape index (κ1) is 18.0. The maximum atomic E-state index is 13.0. The lowest BCUT2D eigenvalue weighted by molar-refractivity contribution is 0.0939. The second-order valence-electron chi connectivity index (χ2n) is 6.71. The Kier molecular flexibility index (Phi) is 4.97. The van der Waals surface area contributed by atoms with Crippen LogP contribution in [-0.4, -0.2) is 27.4 Å². The maximum Gasteiger partial charge on any atom is 0.251 e. The highest BCUT2D eigenvalue weighted by Crippen LogP contribution is 2.31. The van der Waals surface area contributed by atoms with Gasteiger partial charge in [-0.2, -0.15) is 0 Å². The van der Waals surface area contributed by atoms with Crippen LogP contribution in [0.4, 0.5) is 16.0 Å². The molecular weight excluding hydrogens is 357 g/mol. The average molecular weight is 377 g/mol. The van der Waals surface area contributed by atoms with Crippen LogP contribution in [-0.2, 0) is 6.42 Å². The number of hydrogen-bond acceptors (Lipinski definition) is 5. The van der Waals surface area contributed by atoms with Gasteiger partial charge >= 0.3 is 0 Å². The summed E-state index contributed by atoms with van der Waals surface area (Å²) in [5, 5.41) is 2.92. The number of aromatic nitrogens is 3. The minimum Gasteiger partial charge on any atom is -0.344 e. The fourth-order valence-electron chi connectivity index (χ4n) is 3.30. The van der Waals surface area contributed by atoms with E-state index in [2.05, 4.69) is 20.2 Å². The summed E-state index contributed by atoms with van der Waals surface area (Å²) in [5.41, 5.74) is 3.17. The van der Waals surface area contributed by atoms with E-state index in [1.165, 1.54) is 24.3 Å². The van der Waals surface area contributed by atoms with Gasteiger partial charge in [-0.1, -0.05) is 0 Å². The second kappa shape index (κ2) is 7.72. The largest absolute Gasteiger partial charge is 0.344 e. The molecule has 0 saturated heterocycles. The lowest BCUT2D eigenvalue weighted by Crippen LogP contribution is -2.29. The molecule has 0 spiro atoms. The predicted octanol–water partition coefficient (Wildman–Crippen LogP) is 3.59. The van der Waals surface area contributed by atoms with Crippen LogP contribution in [0.5, 0.6) is 0 Å². The number of anilines is 2. The summed E-state index contributed by atoms with van der Waals surface area (Å²) in [5.74, 6) is 0.0369. The molecule has 1 amide bonds. The van der Waals surface area contributed by atoms with E-state index < -0.39 is 0 Å². The highest BCUT2D eigenvalue weighted by atomic mass is 19.1. The van der Waals surface area contributed by atoms with E-state index in [9.17, 15) is 9.18 Å². The molecule has 2 aromatic heterocycles. The lowest BCUT2D eigenvalue weighted by atomic mass is 10.1. The molecule has 1 atom stereocenters. The zero-order chi connectivity index (χ0) is 19.5. The summed E-state index contributed by atoms with van der Waals surface area (Å²) in [6, 6.07) is 10.9. The Morgan fingerprint density at radius 1 is 1.14 bits per heavy atom. The van der Waals surface area contributed by atoms with Crippen LogP contribution in [0.1, 0.15) is 41.1 Å². The van der Waals surface area contributed by atoms with Gasteiger partial charge in [0.1, 0.15) is 5.82 Å². The SMILES string of the molecule is CC(NC(=O)c1ccc(F)cc1)c1ccc2c(n1)CCCN2c1ncccn1. The van der Waals surface area contributed by atoms with Crippen molar-refractivity contribution in [1.82, 2.24) is 20.3 Å². The number of carbonyl (C=O) groups excluding carboxylic acids is 1. The van der Waals surface area contributed by atoms with Crippen molar-refractivity contribution in [3.63, 3.8) is 0 Å². The first-order chi connectivity index (χ1) is 13.6. The Hall–Kier alpha value is -3.35. The molecule has 3 aromatic rings. The summed E-state index contributed by atoms with van der Waals surface area (Å²) in [4.78, 5) is 27.9. The number of pyridine rings is 1. The minimum absolute atomic E-state index is 0.258. The van der Waals surface area contributed by atoms with Crippen molar-refractivity contribution in [2.24, 2.45) is 0 Å². The van der Waals surface area contributed by atoms with Crippen molar-refractivity contribution in [2.45, 2.75) is 25.8 Å². The number of rotatable bonds is 4. The van der Waals surface area contributed by atoms with E-state index in [1.807, 2.05) is 19.1 Å². The van der Waals surface area contributed by atoms with Crippen LogP contribution in [0, 0.1) is 5.82 Å². The fourth-order valence-corrected chi connectivity index (χ4v) is 3.30. The quantitative estimate of drug-likeness (QED) is 0.752. The molecule has 1 aromatic carbocycles. The molecule has 7 heteroatoms. The molecule has 0 fully saturated rings. The van der Waals surface area contributed by atoms with E-state index in [4.69, 9.17) is 4.98 Å². The van der Waals surface area contributed by atoms with Crippen molar-refractivity contribution in [2.75, 3.05) is 11.4 Å². The summed E-state index contributed by atoms with van der Waals surface area (Å²) in [6.45, 7) is 2.73. The van der Waals surface area contributed by atoms with Gasteiger partial charge in [0.25, 0.3) is 5.91 Å². The normalized spacial score (nSPS) is 14.3. The van der Waals surface area contributed by atoms with Crippen molar-refractivity contribution in [1.29, 1.82) is 0 Å². The highest BCUT2D eigenvalue weighted by molar-refractivity contribution is 5.94. The van der Waals surface area contributed by atoms with Gasteiger partial charge < -0.3 is 10.2 Å². The van der Waals surface area contributed by atoms with Crippen molar-refractivity contribution >= 4 is 17.5 Å². The van der Waals surface area contributed by atoms with E-state index in [1.54, 1.807) is 18.5 Å². The van der Waals surface area contributed by atoms with Crippen LogP contribution in [0.2, 0.25) is 0 Å². The standard InChI is InChI=1S/C21H20FN5O/c1-14(25-20(28)15-5-7-16(22)8-6-15)17-9-10-19-18(26-17)4-2-13-27(19)21-23-11-3-12-24-21/h3,5-12,14H,2,4,13H2,1H3,(H,25,28). The molecule has 0 saturated carbocycles. The molecule has 142 valence electrons. The third-order valence-electron chi connectivity index (χ3n) is 4.75. The molecule has 0 radical (unpaired) electrons. The number of hydrogen-bond donors (Lipinski definition) is 1. The topological polar surface area (TPSA) is 71.0 Å². The zero-order valence-electron chi connectivity index (χ0n) is 15.5. The van der Waals surface area contributed by atoms with Gasteiger partial charge in [-0.25, -0.2) is 14.4 Å².